The molecule has 2 heterocycles. The highest BCUT2D eigenvalue weighted by atomic mass is 32.2. The second-order valence-corrected chi connectivity index (χ2v) is 10.2. The Morgan fingerprint density at radius 2 is 1.76 bits per heavy atom. The van der Waals surface area contributed by atoms with Crippen molar-refractivity contribution in [2.75, 3.05) is 18.0 Å². The predicted molar refractivity (Wildman–Crippen MR) is 126 cm³/mol. The van der Waals surface area contributed by atoms with Crippen LogP contribution in [0.1, 0.15) is 21.5 Å². The largest absolute Gasteiger partial charge is 0.335 e. The lowest BCUT2D eigenvalue weighted by atomic mass is 9.97. The second-order valence-electron chi connectivity index (χ2n) is 8.09. The third-order valence-corrected chi connectivity index (χ3v) is 8.10. The molecule has 2 N–H and O–H groups in total. The van der Waals surface area contributed by atoms with Crippen molar-refractivity contribution in [2.24, 2.45) is 0 Å². The van der Waals surface area contributed by atoms with E-state index in [2.05, 4.69) is 10.6 Å². The van der Waals surface area contributed by atoms with Gasteiger partial charge in [-0.25, -0.2) is 13.2 Å². The first-order valence-corrected chi connectivity index (χ1v) is 12.3. The van der Waals surface area contributed by atoms with Gasteiger partial charge in [0, 0.05) is 23.4 Å². The average molecular weight is 473 g/mol. The Morgan fingerprint density at radius 1 is 1.03 bits per heavy atom. The van der Waals surface area contributed by atoms with Gasteiger partial charge in [0.1, 0.15) is 0 Å². The van der Waals surface area contributed by atoms with E-state index in [1.54, 1.807) is 35.2 Å². The van der Waals surface area contributed by atoms with E-state index < -0.39 is 21.2 Å². The van der Waals surface area contributed by atoms with E-state index in [1.165, 1.54) is 6.07 Å². The van der Waals surface area contributed by atoms with E-state index in [4.69, 9.17) is 5.26 Å². The molecule has 3 aromatic carbocycles. The number of hydrogen-bond donors (Lipinski definition) is 2. The number of nitrogens with zero attached hydrogens (tertiary/aromatic N) is 2. The van der Waals surface area contributed by atoms with E-state index in [0.717, 1.165) is 11.1 Å². The molecule has 0 bridgehead atoms. The number of urea groups is 1. The highest BCUT2D eigenvalue weighted by molar-refractivity contribution is 7.92. The molecule has 5 rings (SSSR count). The lowest BCUT2D eigenvalue weighted by molar-refractivity contribution is 0.0989. The van der Waals surface area contributed by atoms with Crippen LogP contribution in [0.15, 0.2) is 71.6 Å². The van der Waals surface area contributed by atoms with Crippen LogP contribution in [0.2, 0.25) is 0 Å². The standard InChI is InChI=1S/C25H20N4O4S/c26-14-16-6-8-18(9-7-16)24(30)29-13-12-19-20(29)10-11-21(23(19)17-4-2-1-3-5-17)34(32,33)22-15-27-25(31)28-22/h1-11,22H,12-13,15H2,(H2,27,28,31). The number of fused-ring (bicyclic) bond motifs is 1. The molecule has 3 aromatic rings. The molecule has 0 aliphatic carbocycles. The fourth-order valence-corrected chi connectivity index (χ4v) is 6.11. The normalized spacial score (nSPS) is 17.0. The van der Waals surface area contributed by atoms with Gasteiger partial charge in [-0.3, -0.25) is 4.79 Å². The van der Waals surface area contributed by atoms with Gasteiger partial charge in [0.25, 0.3) is 5.91 Å². The topological polar surface area (TPSA) is 119 Å². The lowest BCUT2D eigenvalue weighted by Gasteiger charge is -2.21. The van der Waals surface area contributed by atoms with Crippen molar-refractivity contribution in [1.29, 1.82) is 5.26 Å². The van der Waals surface area contributed by atoms with Crippen molar-refractivity contribution in [2.45, 2.75) is 16.7 Å². The molecule has 2 aliphatic rings. The van der Waals surface area contributed by atoms with Gasteiger partial charge in [0.15, 0.2) is 5.37 Å². The molecule has 0 spiro atoms. The SMILES string of the molecule is N#Cc1ccc(C(=O)N2CCc3c2ccc(S(=O)(=O)C2CNC(=O)N2)c3-c2ccccc2)cc1. The lowest BCUT2D eigenvalue weighted by Crippen LogP contribution is -2.35. The molecule has 0 aromatic heterocycles. The van der Waals surface area contributed by atoms with E-state index in [1.807, 2.05) is 36.4 Å². The van der Waals surface area contributed by atoms with Gasteiger partial charge >= 0.3 is 6.03 Å². The van der Waals surface area contributed by atoms with Crippen LogP contribution in [0.4, 0.5) is 10.5 Å². The number of anilines is 1. The molecule has 34 heavy (non-hydrogen) atoms. The van der Waals surface area contributed by atoms with Crippen molar-refractivity contribution in [3.63, 3.8) is 0 Å². The molecule has 2 aliphatic heterocycles. The summed E-state index contributed by atoms with van der Waals surface area (Å²) < 4.78 is 27.0. The zero-order chi connectivity index (χ0) is 23.9. The highest BCUT2D eigenvalue weighted by Crippen LogP contribution is 2.41. The van der Waals surface area contributed by atoms with Crippen LogP contribution in [0, 0.1) is 11.3 Å². The van der Waals surface area contributed by atoms with E-state index in [9.17, 15) is 18.0 Å². The fourth-order valence-electron chi connectivity index (χ4n) is 4.45. The molecule has 0 saturated carbocycles. The number of amides is 3. The molecule has 8 nitrogen and oxygen atoms in total. The summed E-state index contributed by atoms with van der Waals surface area (Å²) in [6.45, 7) is 0.384. The van der Waals surface area contributed by atoms with Crippen LogP contribution in [0.5, 0.6) is 0 Å². The van der Waals surface area contributed by atoms with Crippen molar-refractivity contribution in [1.82, 2.24) is 10.6 Å². The van der Waals surface area contributed by atoms with Crippen LogP contribution in [-0.4, -0.2) is 38.8 Å². The predicted octanol–water partition coefficient (Wildman–Crippen LogP) is 2.84. The Morgan fingerprint density at radius 3 is 2.41 bits per heavy atom. The van der Waals surface area contributed by atoms with Gasteiger partial charge in [-0.15, -0.1) is 0 Å². The minimum Gasteiger partial charge on any atom is -0.335 e. The Labute approximate surface area is 196 Å². The average Bonchev–Trinajstić information content (AvgIpc) is 3.50. The Balaban J connectivity index is 1.62. The zero-order valence-corrected chi connectivity index (χ0v) is 18.8. The van der Waals surface area contributed by atoms with Gasteiger partial charge in [-0.2, -0.15) is 5.26 Å². The molecule has 3 amide bonds. The smallest absolute Gasteiger partial charge is 0.315 e. The molecule has 1 saturated heterocycles. The molecule has 1 fully saturated rings. The maximum Gasteiger partial charge on any atom is 0.315 e. The van der Waals surface area contributed by atoms with Crippen LogP contribution in [0.25, 0.3) is 11.1 Å². The Hall–Kier alpha value is -4.16. The minimum atomic E-state index is -3.90. The van der Waals surface area contributed by atoms with Crippen LogP contribution in [-0.2, 0) is 16.3 Å². The van der Waals surface area contributed by atoms with Crippen molar-refractivity contribution in [3.8, 4) is 17.2 Å². The summed E-state index contributed by atoms with van der Waals surface area (Å²) in [7, 11) is -3.90. The second kappa shape index (κ2) is 8.32. The van der Waals surface area contributed by atoms with Gasteiger partial charge in [0.05, 0.1) is 23.1 Å². The maximum absolute atomic E-state index is 13.5. The first-order chi connectivity index (χ1) is 16.4. The van der Waals surface area contributed by atoms with E-state index >= 15 is 0 Å². The minimum absolute atomic E-state index is 0.0181. The Bertz CT molecular complexity index is 1440. The number of nitrogens with one attached hydrogen (secondary N) is 2. The summed E-state index contributed by atoms with van der Waals surface area (Å²) in [6.07, 6.45) is 0.486. The molecule has 1 atom stereocenters. The summed E-state index contributed by atoms with van der Waals surface area (Å²) in [4.78, 5) is 26.6. The van der Waals surface area contributed by atoms with Crippen LogP contribution in [0.3, 0.4) is 0 Å². The third kappa shape index (κ3) is 3.58. The molecule has 0 radical (unpaired) electrons. The van der Waals surface area contributed by atoms with E-state index in [-0.39, 0.29) is 17.3 Å². The summed E-state index contributed by atoms with van der Waals surface area (Å²) >= 11 is 0. The first kappa shape index (κ1) is 21.7. The van der Waals surface area contributed by atoms with Crippen LogP contribution < -0.4 is 15.5 Å². The highest BCUT2D eigenvalue weighted by Gasteiger charge is 2.38. The number of benzene rings is 3. The number of carbonyl (C=O) groups is 2. The summed E-state index contributed by atoms with van der Waals surface area (Å²) in [5.41, 5.74) is 3.61. The molecular formula is C25H20N4O4S. The summed E-state index contributed by atoms with van der Waals surface area (Å²) in [6, 6.07) is 20.3. The number of sulfone groups is 1. The zero-order valence-electron chi connectivity index (χ0n) is 18.0. The van der Waals surface area contributed by atoms with Crippen molar-refractivity contribution in [3.05, 3.63) is 83.4 Å². The van der Waals surface area contributed by atoms with Crippen molar-refractivity contribution >= 4 is 27.5 Å². The quantitative estimate of drug-likeness (QED) is 0.605. The van der Waals surface area contributed by atoms with E-state index in [0.29, 0.717) is 35.3 Å². The monoisotopic (exact) mass is 472 g/mol. The van der Waals surface area contributed by atoms with Crippen molar-refractivity contribution < 1.29 is 18.0 Å². The van der Waals surface area contributed by atoms with Gasteiger partial charge in [-0.1, -0.05) is 30.3 Å². The number of hydrogen-bond acceptors (Lipinski definition) is 5. The summed E-state index contributed by atoms with van der Waals surface area (Å²) in [5, 5.41) is 12.9. The van der Waals surface area contributed by atoms with Gasteiger partial charge in [0.2, 0.25) is 9.84 Å². The fraction of sp³-hybridized carbons (Fsp3) is 0.160. The number of carbonyl (C=O) groups excluding carboxylic acids is 2. The number of rotatable bonds is 4. The van der Waals surface area contributed by atoms with Gasteiger partial charge in [-0.05, 0) is 53.9 Å². The molecule has 170 valence electrons. The third-order valence-electron chi connectivity index (χ3n) is 6.12. The summed E-state index contributed by atoms with van der Waals surface area (Å²) in [5.74, 6) is -0.217. The maximum atomic E-state index is 13.5. The van der Waals surface area contributed by atoms with Gasteiger partial charge < -0.3 is 15.5 Å². The number of nitriles is 1. The first-order valence-electron chi connectivity index (χ1n) is 10.7. The molecule has 9 heteroatoms. The molecular weight excluding hydrogens is 452 g/mol. The van der Waals surface area contributed by atoms with Crippen LogP contribution >= 0.6 is 0 Å². The molecule has 1 unspecified atom stereocenters. The Kier molecular flexibility index (Phi) is 5.30.